The van der Waals surface area contributed by atoms with Crippen molar-refractivity contribution in [2.45, 2.75) is 18.4 Å². The molecule has 1 fully saturated rings. The number of hydrogen-bond acceptors (Lipinski definition) is 3. The maximum absolute atomic E-state index is 5.58. The molecule has 0 atom stereocenters. The molecule has 1 saturated carbocycles. The van der Waals surface area contributed by atoms with Crippen molar-refractivity contribution in [1.29, 1.82) is 0 Å². The van der Waals surface area contributed by atoms with Crippen LogP contribution in [0.25, 0.3) is 0 Å². The number of rotatable bonds is 2. The van der Waals surface area contributed by atoms with E-state index in [9.17, 15) is 0 Å². The molecule has 80 valence electrons. The smallest absolute Gasteiger partial charge is 0.161 e. The lowest BCUT2D eigenvalue weighted by atomic mass is 10.0. The monoisotopic (exact) mass is 205 g/mol. The fourth-order valence-electron chi connectivity index (χ4n) is 2.15. The highest BCUT2D eigenvalue weighted by Crippen LogP contribution is 2.47. The van der Waals surface area contributed by atoms with E-state index in [0.717, 1.165) is 11.5 Å². The third-order valence-electron chi connectivity index (χ3n) is 3.32. The van der Waals surface area contributed by atoms with E-state index in [2.05, 4.69) is 17.4 Å². The SMILES string of the molecule is CNC1(c2ccc3c(c2)OCCO3)CC1. The second-order valence-corrected chi connectivity index (χ2v) is 4.19. The molecule has 1 heterocycles. The molecule has 3 heteroatoms. The Labute approximate surface area is 89.4 Å². The summed E-state index contributed by atoms with van der Waals surface area (Å²) in [6, 6.07) is 6.26. The highest BCUT2D eigenvalue weighted by atomic mass is 16.6. The summed E-state index contributed by atoms with van der Waals surface area (Å²) in [6.07, 6.45) is 2.42. The van der Waals surface area contributed by atoms with E-state index >= 15 is 0 Å². The minimum atomic E-state index is 0.204. The van der Waals surface area contributed by atoms with Crippen molar-refractivity contribution in [3.63, 3.8) is 0 Å². The molecule has 1 aromatic carbocycles. The van der Waals surface area contributed by atoms with Gasteiger partial charge in [0.15, 0.2) is 11.5 Å². The lowest BCUT2D eigenvalue weighted by Gasteiger charge is -2.21. The zero-order valence-electron chi connectivity index (χ0n) is 8.88. The lowest BCUT2D eigenvalue weighted by Crippen LogP contribution is -2.25. The van der Waals surface area contributed by atoms with Crippen molar-refractivity contribution >= 4 is 0 Å². The lowest BCUT2D eigenvalue weighted by molar-refractivity contribution is 0.171. The number of hydrogen-bond donors (Lipinski definition) is 1. The Hall–Kier alpha value is -1.22. The molecule has 0 amide bonds. The van der Waals surface area contributed by atoms with E-state index in [4.69, 9.17) is 9.47 Å². The second-order valence-electron chi connectivity index (χ2n) is 4.19. The summed E-state index contributed by atoms with van der Waals surface area (Å²) < 4.78 is 11.1. The molecule has 3 nitrogen and oxygen atoms in total. The minimum Gasteiger partial charge on any atom is -0.486 e. The van der Waals surface area contributed by atoms with Crippen molar-refractivity contribution in [3.8, 4) is 11.5 Å². The Bertz CT molecular complexity index is 385. The summed E-state index contributed by atoms with van der Waals surface area (Å²) in [7, 11) is 2.02. The van der Waals surface area contributed by atoms with Gasteiger partial charge in [0, 0.05) is 5.54 Å². The molecule has 15 heavy (non-hydrogen) atoms. The van der Waals surface area contributed by atoms with Gasteiger partial charge in [0.1, 0.15) is 13.2 Å². The third-order valence-corrected chi connectivity index (χ3v) is 3.32. The molecule has 1 aromatic rings. The average Bonchev–Trinajstić information content (AvgIpc) is 3.09. The topological polar surface area (TPSA) is 30.5 Å². The van der Waals surface area contributed by atoms with Crippen LogP contribution in [0.1, 0.15) is 18.4 Å². The first-order chi connectivity index (χ1) is 7.34. The number of benzene rings is 1. The van der Waals surface area contributed by atoms with Crippen LogP contribution in [0.15, 0.2) is 18.2 Å². The van der Waals surface area contributed by atoms with Crippen LogP contribution in [0.5, 0.6) is 11.5 Å². The molecule has 1 aliphatic heterocycles. The quantitative estimate of drug-likeness (QED) is 0.796. The van der Waals surface area contributed by atoms with E-state index in [1.165, 1.54) is 18.4 Å². The maximum Gasteiger partial charge on any atom is 0.161 e. The number of ether oxygens (including phenoxy) is 2. The van der Waals surface area contributed by atoms with Crippen LogP contribution in [0.4, 0.5) is 0 Å². The molecule has 0 bridgehead atoms. The highest BCUT2D eigenvalue weighted by molar-refractivity contribution is 5.47. The second kappa shape index (κ2) is 3.14. The third kappa shape index (κ3) is 1.38. The molecule has 0 saturated heterocycles. The van der Waals surface area contributed by atoms with Crippen LogP contribution in [-0.2, 0) is 5.54 Å². The molecule has 1 N–H and O–H groups in total. The zero-order valence-corrected chi connectivity index (χ0v) is 8.88. The van der Waals surface area contributed by atoms with Gasteiger partial charge in [-0.2, -0.15) is 0 Å². The van der Waals surface area contributed by atoms with Gasteiger partial charge in [-0.3, -0.25) is 0 Å². The summed E-state index contributed by atoms with van der Waals surface area (Å²) in [5.41, 5.74) is 1.52. The van der Waals surface area contributed by atoms with E-state index in [-0.39, 0.29) is 5.54 Å². The molecule has 3 rings (SSSR count). The molecule has 0 aromatic heterocycles. The predicted octanol–water partition coefficient (Wildman–Crippen LogP) is 1.67. The molecular formula is C12H15NO2. The fourth-order valence-corrected chi connectivity index (χ4v) is 2.15. The van der Waals surface area contributed by atoms with Crippen molar-refractivity contribution in [2.24, 2.45) is 0 Å². The van der Waals surface area contributed by atoms with Crippen LogP contribution < -0.4 is 14.8 Å². The van der Waals surface area contributed by atoms with Gasteiger partial charge >= 0.3 is 0 Å². The van der Waals surface area contributed by atoms with Gasteiger partial charge in [0.2, 0.25) is 0 Å². The van der Waals surface area contributed by atoms with Gasteiger partial charge in [-0.05, 0) is 37.6 Å². The van der Waals surface area contributed by atoms with Crippen molar-refractivity contribution < 1.29 is 9.47 Å². The molecule has 1 aliphatic carbocycles. The Balaban J connectivity index is 1.97. The van der Waals surface area contributed by atoms with Gasteiger partial charge in [0.05, 0.1) is 0 Å². The Morgan fingerprint density at radius 2 is 1.87 bits per heavy atom. The Morgan fingerprint density at radius 1 is 1.13 bits per heavy atom. The summed E-state index contributed by atoms with van der Waals surface area (Å²) in [5.74, 6) is 1.76. The number of nitrogens with one attached hydrogen (secondary N) is 1. The first-order valence-corrected chi connectivity index (χ1v) is 5.43. The number of fused-ring (bicyclic) bond motifs is 1. The normalized spacial score (nSPS) is 21.1. The summed E-state index contributed by atoms with van der Waals surface area (Å²) in [6.45, 7) is 1.31. The molecule has 0 radical (unpaired) electrons. The summed E-state index contributed by atoms with van der Waals surface area (Å²) in [5, 5.41) is 3.38. The van der Waals surface area contributed by atoms with Crippen LogP contribution in [-0.4, -0.2) is 20.3 Å². The predicted molar refractivity (Wildman–Crippen MR) is 57.4 cm³/mol. The van der Waals surface area contributed by atoms with Crippen molar-refractivity contribution in [3.05, 3.63) is 23.8 Å². The van der Waals surface area contributed by atoms with Gasteiger partial charge in [-0.1, -0.05) is 6.07 Å². The molecular weight excluding hydrogens is 190 g/mol. The van der Waals surface area contributed by atoms with E-state index in [1.807, 2.05) is 13.1 Å². The summed E-state index contributed by atoms with van der Waals surface area (Å²) in [4.78, 5) is 0. The van der Waals surface area contributed by atoms with Crippen molar-refractivity contribution in [1.82, 2.24) is 5.32 Å². The van der Waals surface area contributed by atoms with Gasteiger partial charge in [0.25, 0.3) is 0 Å². The molecule has 0 unspecified atom stereocenters. The zero-order chi connectivity index (χ0) is 10.3. The van der Waals surface area contributed by atoms with Crippen LogP contribution >= 0.6 is 0 Å². The van der Waals surface area contributed by atoms with E-state index in [1.54, 1.807) is 0 Å². The Morgan fingerprint density at radius 3 is 2.53 bits per heavy atom. The largest absolute Gasteiger partial charge is 0.486 e. The van der Waals surface area contributed by atoms with Gasteiger partial charge < -0.3 is 14.8 Å². The van der Waals surface area contributed by atoms with Crippen LogP contribution in [0.3, 0.4) is 0 Å². The van der Waals surface area contributed by atoms with Crippen molar-refractivity contribution in [2.75, 3.05) is 20.3 Å². The average molecular weight is 205 g/mol. The van der Waals surface area contributed by atoms with Gasteiger partial charge in [-0.25, -0.2) is 0 Å². The van der Waals surface area contributed by atoms with E-state index in [0.29, 0.717) is 13.2 Å². The van der Waals surface area contributed by atoms with Gasteiger partial charge in [-0.15, -0.1) is 0 Å². The first-order valence-electron chi connectivity index (χ1n) is 5.43. The standard InChI is InChI=1S/C12H15NO2/c1-13-12(4-5-12)9-2-3-10-11(8-9)15-7-6-14-10/h2-3,8,13H,4-7H2,1H3. The Kier molecular flexibility index (Phi) is 1.89. The fraction of sp³-hybridized carbons (Fsp3) is 0.500. The molecule has 2 aliphatic rings. The first kappa shape index (κ1) is 9.04. The van der Waals surface area contributed by atoms with Crippen LogP contribution in [0, 0.1) is 0 Å². The highest BCUT2D eigenvalue weighted by Gasteiger charge is 2.43. The van der Waals surface area contributed by atoms with Crippen LogP contribution in [0.2, 0.25) is 0 Å². The maximum atomic E-state index is 5.58. The summed E-state index contributed by atoms with van der Waals surface area (Å²) >= 11 is 0. The van der Waals surface area contributed by atoms with E-state index < -0.39 is 0 Å². The minimum absolute atomic E-state index is 0.204. The molecule has 0 spiro atoms.